The zero-order chi connectivity index (χ0) is 21.8. The number of anilines is 2. The van der Waals surface area contributed by atoms with Gasteiger partial charge in [0, 0.05) is 16.8 Å². The summed E-state index contributed by atoms with van der Waals surface area (Å²) in [6.45, 7) is 1.97. The van der Waals surface area contributed by atoms with E-state index in [1.165, 1.54) is 0 Å². The minimum absolute atomic E-state index is 0.0746. The first kappa shape index (κ1) is 20.1. The summed E-state index contributed by atoms with van der Waals surface area (Å²) < 4.78 is 0. The quantitative estimate of drug-likeness (QED) is 0.387. The number of rotatable bonds is 4. The highest BCUT2D eigenvalue weighted by molar-refractivity contribution is 6.12. The fourth-order valence-corrected chi connectivity index (χ4v) is 3.35. The molecule has 1 unspecified atom stereocenters. The minimum atomic E-state index is -0.861. The van der Waals surface area contributed by atoms with E-state index in [2.05, 4.69) is 25.9 Å². The van der Waals surface area contributed by atoms with Crippen molar-refractivity contribution in [3.8, 4) is 0 Å². The lowest BCUT2D eigenvalue weighted by atomic mass is 10.1. The molecule has 8 nitrogen and oxygen atoms in total. The van der Waals surface area contributed by atoms with Crippen LogP contribution in [0.1, 0.15) is 12.0 Å². The predicted octanol–water partition coefficient (Wildman–Crippen LogP) is 2.76. The van der Waals surface area contributed by atoms with Crippen molar-refractivity contribution in [2.75, 3.05) is 10.6 Å². The summed E-state index contributed by atoms with van der Waals surface area (Å²) in [6, 6.07) is 20.2. The number of guanidine groups is 2. The maximum atomic E-state index is 12.5. The van der Waals surface area contributed by atoms with Crippen LogP contribution in [0.2, 0.25) is 0 Å². The van der Waals surface area contributed by atoms with Crippen molar-refractivity contribution in [2.45, 2.75) is 19.4 Å². The Kier molecular flexibility index (Phi) is 5.61. The van der Waals surface area contributed by atoms with Gasteiger partial charge in [0.25, 0.3) is 5.91 Å². The zero-order valence-corrected chi connectivity index (χ0v) is 16.9. The van der Waals surface area contributed by atoms with Crippen molar-refractivity contribution < 1.29 is 9.59 Å². The third-order valence-electron chi connectivity index (χ3n) is 4.78. The number of carbonyl (C=O) groups is 2. The Bertz CT molecular complexity index is 1210. The number of hydrogen-bond acceptors (Lipinski definition) is 4. The van der Waals surface area contributed by atoms with Gasteiger partial charge in [-0.3, -0.25) is 14.9 Å². The van der Waals surface area contributed by atoms with Crippen LogP contribution in [0.5, 0.6) is 0 Å². The van der Waals surface area contributed by atoms with Gasteiger partial charge in [0.2, 0.25) is 17.8 Å². The molecule has 0 saturated carbocycles. The smallest absolute Gasteiger partial charge is 0.252 e. The lowest BCUT2D eigenvalue weighted by Gasteiger charge is -2.09. The standard InChI is InChI=1S/C23H22N6O2/c1-14-6-4-9-16(12-14)25-22(24)29-23-27-19(21(31)28-23)13-20(30)26-18-11-5-8-15-7-2-3-10-17(15)18/h2-12,19H,13H2,1H3,(H,26,30)(H4,24,25,27,28,29,31). The number of amides is 2. The number of fused-ring (bicyclic) bond motifs is 1. The summed E-state index contributed by atoms with van der Waals surface area (Å²) >= 11 is 0. The van der Waals surface area contributed by atoms with Crippen LogP contribution in [0.4, 0.5) is 11.4 Å². The number of nitrogens with two attached hydrogens (primary N) is 1. The highest BCUT2D eigenvalue weighted by atomic mass is 16.2. The van der Waals surface area contributed by atoms with Crippen LogP contribution in [-0.2, 0) is 9.59 Å². The largest absolute Gasteiger partial charge is 0.369 e. The molecule has 1 atom stereocenters. The molecule has 8 heteroatoms. The van der Waals surface area contributed by atoms with Crippen LogP contribution in [0.15, 0.2) is 76.7 Å². The van der Waals surface area contributed by atoms with E-state index < -0.39 is 11.9 Å². The van der Waals surface area contributed by atoms with Gasteiger partial charge in [-0.15, -0.1) is 0 Å². The highest BCUT2D eigenvalue weighted by Crippen LogP contribution is 2.23. The Labute approximate surface area is 179 Å². The molecule has 4 rings (SSSR count). The highest BCUT2D eigenvalue weighted by Gasteiger charge is 2.28. The molecule has 2 amide bonds. The van der Waals surface area contributed by atoms with Crippen LogP contribution >= 0.6 is 0 Å². The van der Waals surface area contributed by atoms with Gasteiger partial charge in [-0.05, 0) is 36.1 Å². The number of aryl methyl sites for hydroxylation is 1. The fourth-order valence-electron chi connectivity index (χ4n) is 3.35. The molecular weight excluding hydrogens is 392 g/mol. The first-order valence-electron chi connectivity index (χ1n) is 9.82. The Balaban J connectivity index is 1.41. The monoisotopic (exact) mass is 414 g/mol. The Hall–Kier alpha value is -4.20. The van der Waals surface area contributed by atoms with E-state index in [1.807, 2.05) is 73.7 Å². The van der Waals surface area contributed by atoms with E-state index in [9.17, 15) is 9.59 Å². The Morgan fingerprint density at radius 3 is 2.71 bits per heavy atom. The van der Waals surface area contributed by atoms with Gasteiger partial charge in [-0.2, -0.15) is 4.99 Å². The molecule has 3 aromatic rings. The van der Waals surface area contributed by atoms with Crippen molar-refractivity contribution in [3.63, 3.8) is 0 Å². The molecule has 156 valence electrons. The number of nitrogens with one attached hydrogen (secondary N) is 3. The van der Waals surface area contributed by atoms with Crippen molar-refractivity contribution in [1.82, 2.24) is 5.32 Å². The van der Waals surface area contributed by atoms with Gasteiger partial charge in [-0.25, -0.2) is 4.99 Å². The molecule has 0 saturated heterocycles. The fraction of sp³-hybridized carbons (Fsp3) is 0.130. The molecule has 31 heavy (non-hydrogen) atoms. The molecule has 0 radical (unpaired) electrons. The summed E-state index contributed by atoms with van der Waals surface area (Å²) in [5, 5.41) is 10.3. The van der Waals surface area contributed by atoms with E-state index in [1.54, 1.807) is 0 Å². The van der Waals surface area contributed by atoms with Crippen LogP contribution in [0.25, 0.3) is 10.8 Å². The zero-order valence-electron chi connectivity index (χ0n) is 16.9. The number of hydrogen-bond donors (Lipinski definition) is 4. The van der Waals surface area contributed by atoms with Gasteiger partial charge in [0.15, 0.2) is 0 Å². The van der Waals surface area contributed by atoms with E-state index in [0.29, 0.717) is 5.69 Å². The third-order valence-corrected chi connectivity index (χ3v) is 4.78. The molecule has 0 fully saturated rings. The number of aliphatic imine (C=N–C) groups is 2. The summed E-state index contributed by atoms with van der Waals surface area (Å²) in [5.41, 5.74) is 8.45. The van der Waals surface area contributed by atoms with E-state index >= 15 is 0 Å². The maximum absolute atomic E-state index is 12.5. The van der Waals surface area contributed by atoms with Crippen LogP contribution in [-0.4, -0.2) is 29.8 Å². The summed E-state index contributed by atoms with van der Waals surface area (Å²) in [4.78, 5) is 33.1. The summed E-state index contributed by atoms with van der Waals surface area (Å²) in [5.74, 6) is -0.539. The molecule has 3 aromatic carbocycles. The molecule has 1 aliphatic heterocycles. The SMILES string of the molecule is Cc1cccc(N/C(N)=N/C2=NC(CC(=O)Nc3cccc4ccccc34)C(=O)N2)c1. The molecule has 0 aliphatic carbocycles. The van der Waals surface area contributed by atoms with Gasteiger partial charge in [0.1, 0.15) is 6.04 Å². The van der Waals surface area contributed by atoms with Crippen molar-refractivity contribution in [1.29, 1.82) is 0 Å². The molecule has 5 N–H and O–H groups in total. The topological polar surface area (TPSA) is 121 Å². The molecular formula is C23H22N6O2. The second-order valence-corrected chi connectivity index (χ2v) is 7.23. The molecule has 0 aromatic heterocycles. The minimum Gasteiger partial charge on any atom is -0.369 e. The first-order chi connectivity index (χ1) is 15.0. The van der Waals surface area contributed by atoms with Gasteiger partial charge < -0.3 is 16.4 Å². The summed E-state index contributed by atoms with van der Waals surface area (Å²) in [6.07, 6.45) is -0.0979. The normalized spacial score (nSPS) is 16.0. The molecule has 1 aliphatic rings. The molecule has 0 spiro atoms. The van der Waals surface area contributed by atoms with Crippen LogP contribution in [0.3, 0.4) is 0 Å². The van der Waals surface area contributed by atoms with Gasteiger partial charge in [0.05, 0.1) is 6.42 Å². The predicted molar refractivity (Wildman–Crippen MR) is 123 cm³/mol. The third kappa shape index (κ3) is 4.87. The molecule has 1 heterocycles. The second kappa shape index (κ2) is 8.66. The van der Waals surface area contributed by atoms with Crippen molar-refractivity contribution in [3.05, 3.63) is 72.3 Å². The second-order valence-electron chi connectivity index (χ2n) is 7.23. The number of nitrogens with zero attached hydrogens (tertiary/aromatic N) is 2. The number of benzene rings is 3. The van der Waals surface area contributed by atoms with Crippen molar-refractivity contribution >= 4 is 45.9 Å². The molecule has 0 bridgehead atoms. The lowest BCUT2D eigenvalue weighted by molar-refractivity contribution is -0.123. The van der Waals surface area contributed by atoms with Crippen LogP contribution in [0, 0.1) is 6.92 Å². The van der Waals surface area contributed by atoms with E-state index in [-0.39, 0.29) is 24.2 Å². The average Bonchev–Trinajstić information content (AvgIpc) is 3.06. The average molecular weight is 414 g/mol. The van der Waals surface area contributed by atoms with E-state index in [4.69, 9.17) is 5.73 Å². The van der Waals surface area contributed by atoms with Gasteiger partial charge >= 0.3 is 0 Å². The summed E-state index contributed by atoms with van der Waals surface area (Å²) in [7, 11) is 0. The lowest BCUT2D eigenvalue weighted by Crippen LogP contribution is -2.32. The van der Waals surface area contributed by atoms with Crippen molar-refractivity contribution in [2.24, 2.45) is 15.7 Å². The van der Waals surface area contributed by atoms with E-state index in [0.717, 1.165) is 22.0 Å². The Morgan fingerprint density at radius 1 is 1.10 bits per heavy atom. The van der Waals surface area contributed by atoms with Gasteiger partial charge in [-0.1, -0.05) is 48.5 Å². The first-order valence-corrected chi connectivity index (χ1v) is 9.82. The number of carbonyl (C=O) groups excluding carboxylic acids is 2. The van der Waals surface area contributed by atoms with Crippen LogP contribution < -0.4 is 21.7 Å². The Morgan fingerprint density at radius 2 is 1.87 bits per heavy atom. The maximum Gasteiger partial charge on any atom is 0.252 e.